The molecule has 2 heterocycles. The minimum Gasteiger partial charge on any atom is -0.351 e. The molecule has 2 rings (SSSR count). The lowest BCUT2D eigenvalue weighted by atomic mass is 10.1. The minimum absolute atomic E-state index is 0.543. The Morgan fingerprint density at radius 1 is 1.28 bits per heavy atom. The van der Waals surface area contributed by atoms with Gasteiger partial charge in [0.2, 0.25) is 0 Å². The Labute approximate surface area is 110 Å². The van der Waals surface area contributed by atoms with Crippen molar-refractivity contribution in [3.63, 3.8) is 0 Å². The van der Waals surface area contributed by atoms with Gasteiger partial charge in [-0.2, -0.15) is 0 Å². The van der Waals surface area contributed by atoms with Gasteiger partial charge < -0.3 is 10.2 Å². The van der Waals surface area contributed by atoms with Crippen LogP contribution in [0.5, 0.6) is 0 Å². The Morgan fingerprint density at radius 2 is 2.06 bits per heavy atom. The van der Waals surface area contributed by atoms with Crippen LogP contribution in [0.3, 0.4) is 0 Å². The molecule has 2 atom stereocenters. The fourth-order valence-corrected chi connectivity index (χ4v) is 2.63. The molecule has 0 aliphatic carbocycles. The summed E-state index contributed by atoms with van der Waals surface area (Å²) in [6.45, 7) is 10.6. The van der Waals surface area contributed by atoms with E-state index < -0.39 is 0 Å². The molecule has 0 spiro atoms. The molecular weight excluding hydrogens is 224 g/mol. The Morgan fingerprint density at radius 3 is 2.67 bits per heavy atom. The Hall–Kier alpha value is -1.16. The van der Waals surface area contributed by atoms with Gasteiger partial charge in [0.15, 0.2) is 0 Å². The molecule has 100 valence electrons. The van der Waals surface area contributed by atoms with Crippen LogP contribution in [-0.2, 0) is 0 Å². The second-order valence-electron chi connectivity index (χ2n) is 5.14. The third-order valence-corrected chi connectivity index (χ3v) is 3.71. The van der Waals surface area contributed by atoms with Crippen LogP contribution in [0, 0.1) is 13.8 Å². The standard InChI is InChI=1S/C14H24N4/c1-5-12-9-18(13(6-2)8-15-12)14-7-10(3)16-11(4)17-14/h7,12-13,15H,5-6,8-9H2,1-4H3. The van der Waals surface area contributed by atoms with Crippen molar-refractivity contribution in [3.05, 3.63) is 17.6 Å². The third-order valence-electron chi connectivity index (χ3n) is 3.71. The van der Waals surface area contributed by atoms with Crippen molar-refractivity contribution in [2.45, 2.75) is 52.6 Å². The van der Waals surface area contributed by atoms with Gasteiger partial charge >= 0.3 is 0 Å². The van der Waals surface area contributed by atoms with E-state index >= 15 is 0 Å². The number of rotatable bonds is 3. The molecule has 1 aromatic heterocycles. The van der Waals surface area contributed by atoms with Crippen LogP contribution in [0.1, 0.15) is 38.2 Å². The lowest BCUT2D eigenvalue weighted by Crippen LogP contribution is -2.56. The Kier molecular flexibility index (Phi) is 4.17. The second-order valence-corrected chi connectivity index (χ2v) is 5.14. The number of hydrogen-bond donors (Lipinski definition) is 1. The number of anilines is 1. The molecule has 1 aromatic rings. The number of piperazine rings is 1. The predicted octanol–water partition coefficient (Wildman–Crippen LogP) is 2.06. The van der Waals surface area contributed by atoms with E-state index in [1.807, 2.05) is 13.8 Å². The normalized spacial score (nSPS) is 24.3. The molecule has 0 bridgehead atoms. The summed E-state index contributed by atoms with van der Waals surface area (Å²) >= 11 is 0. The van der Waals surface area contributed by atoms with E-state index in [0.29, 0.717) is 12.1 Å². The molecule has 0 radical (unpaired) electrons. The Balaban J connectivity index is 2.26. The van der Waals surface area contributed by atoms with Crippen molar-refractivity contribution >= 4 is 5.82 Å². The lowest BCUT2D eigenvalue weighted by Gasteiger charge is -2.40. The van der Waals surface area contributed by atoms with Gasteiger partial charge in [-0.05, 0) is 26.7 Å². The minimum atomic E-state index is 0.543. The predicted molar refractivity (Wildman–Crippen MR) is 75.0 cm³/mol. The number of hydrogen-bond acceptors (Lipinski definition) is 4. The highest BCUT2D eigenvalue weighted by molar-refractivity contribution is 5.42. The number of aromatic nitrogens is 2. The molecule has 1 aliphatic rings. The summed E-state index contributed by atoms with van der Waals surface area (Å²) in [5, 5.41) is 3.61. The SMILES string of the molecule is CCC1CN(c2cc(C)nc(C)n2)C(CC)CN1. The third kappa shape index (κ3) is 2.80. The topological polar surface area (TPSA) is 41.1 Å². The van der Waals surface area contributed by atoms with Gasteiger partial charge in [-0.3, -0.25) is 0 Å². The first kappa shape index (κ1) is 13.3. The molecule has 0 saturated carbocycles. The summed E-state index contributed by atoms with van der Waals surface area (Å²) in [6.07, 6.45) is 2.31. The maximum absolute atomic E-state index is 4.61. The van der Waals surface area contributed by atoms with Crippen LogP contribution in [0.2, 0.25) is 0 Å². The molecule has 0 aromatic carbocycles. The molecular formula is C14H24N4. The van der Waals surface area contributed by atoms with E-state index in [1.54, 1.807) is 0 Å². The van der Waals surface area contributed by atoms with Crippen molar-refractivity contribution in [1.82, 2.24) is 15.3 Å². The van der Waals surface area contributed by atoms with E-state index in [-0.39, 0.29) is 0 Å². The highest BCUT2D eigenvalue weighted by Gasteiger charge is 2.27. The van der Waals surface area contributed by atoms with E-state index in [9.17, 15) is 0 Å². The number of nitrogens with one attached hydrogen (secondary N) is 1. The van der Waals surface area contributed by atoms with Crippen LogP contribution in [0.25, 0.3) is 0 Å². The van der Waals surface area contributed by atoms with E-state index in [0.717, 1.165) is 43.3 Å². The molecule has 1 saturated heterocycles. The fraction of sp³-hybridized carbons (Fsp3) is 0.714. The number of aryl methyl sites for hydroxylation is 2. The summed E-state index contributed by atoms with van der Waals surface area (Å²) in [7, 11) is 0. The average molecular weight is 248 g/mol. The van der Waals surface area contributed by atoms with Gasteiger partial charge in [-0.1, -0.05) is 13.8 Å². The molecule has 2 unspecified atom stereocenters. The second kappa shape index (κ2) is 5.65. The Bertz CT molecular complexity index is 385. The highest BCUT2D eigenvalue weighted by atomic mass is 15.3. The molecule has 1 N–H and O–H groups in total. The maximum Gasteiger partial charge on any atom is 0.132 e. The van der Waals surface area contributed by atoms with E-state index in [1.165, 1.54) is 0 Å². The zero-order chi connectivity index (χ0) is 13.1. The summed E-state index contributed by atoms with van der Waals surface area (Å²) in [4.78, 5) is 11.4. The largest absolute Gasteiger partial charge is 0.351 e. The summed E-state index contributed by atoms with van der Waals surface area (Å²) < 4.78 is 0. The van der Waals surface area contributed by atoms with Gasteiger partial charge in [0.25, 0.3) is 0 Å². The van der Waals surface area contributed by atoms with Gasteiger partial charge in [0, 0.05) is 36.9 Å². The summed E-state index contributed by atoms with van der Waals surface area (Å²) in [6, 6.07) is 3.22. The van der Waals surface area contributed by atoms with Gasteiger partial charge in [-0.25, -0.2) is 9.97 Å². The molecule has 1 fully saturated rings. The van der Waals surface area contributed by atoms with Crippen LogP contribution in [0.4, 0.5) is 5.82 Å². The smallest absolute Gasteiger partial charge is 0.132 e. The molecule has 4 heteroatoms. The number of nitrogens with zero attached hydrogens (tertiary/aromatic N) is 3. The molecule has 4 nitrogen and oxygen atoms in total. The quantitative estimate of drug-likeness (QED) is 0.889. The van der Waals surface area contributed by atoms with Crippen LogP contribution < -0.4 is 10.2 Å². The maximum atomic E-state index is 4.61. The van der Waals surface area contributed by atoms with Gasteiger partial charge in [0.05, 0.1) is 0 Å². The van der Waals surface area contributed by atoms with Gasteiger partial charge in [-0.15, -0.1) is 0 Å². The zero-order valence-electron chi connectivity index (χ0n) is 11.9. The van der Waals surface area contributed by atoms with E-state index in [2.05, 4.69) is 40.1 Å². The first-order valence-corrected chi connectivity index (χ1v) is 6.96. The fourth-order valence-electron chi connectivity index (χ4n) is 2.63. The van der Waals surface area contributed by atoms with Crippen molar-refractivity contribution in [3.8, 4) is 0 Å². The van der Waals surface area contributed by atoms with Crippen LogP contribution in [-0.4, -0.2) is 35.1 Å². The molecule has 1 aliphatic heterocycles. The molecule has 18 heavy (non-hydrogen) atoms. The average Bonchev–Trinajstić information content (AvgIpc) is 2.36. The van der Waals surface area contributed by atoms with Gasteiger partial charge in [0.1, 0.15) is 11.6 Å². The van der Waals surface area contributed by atoms with Crippen molar-refractivity contribution in [2.24, 2.45) is 0 Å². The highest BCUT2D eigenvalue weighted by Crippen LogP contribution is 2.20. The van der Waals surface area contributed by atoms with Crippen LogP contribution >= 0.6 is 0 Å². The molecule has 0 amide bonds. The van der Waals surface area contributed by atoms with Crippen molar-refractivity contribution in [1.29, 1.82) is 0 Å². The summed E-state index contributed by atoms with van der Waals surface area (Å²) in [5.41, 5.74) is 1.05. The van der Waals surface area contributed by atoms with Crippen LogP contribution in [0.15, 0.2) is 6.07 Å². The first-order valence-electron chi connectivity index (χ1n) is 6.96. The monoisotopic (exact) mass is 248 g/mol. The van der Waals surface area contributed by atoms with Crippen molar-refractivity contribution in [2.75, 3.05) is 18.0 Å². The lowest BCUT2D eigenvalue weighted by molar-refractivity contribution is 0.376. The summed E-state index contributed by atoms with van der Waals surface area (Å²) in [5.74, 6) is 1.96. The zero-order valence-corrected chi connectivity index (χ0v) is 11.9. The van der Waals surface area contributed by atoms with Crippen molar-refractivity contribution < 1.29 is 0 Å². The van der Waals surface area contributed by atoms with E-state index in [4.69, 9.17) is 0 Å². The first-order chi connectivity index (χ1) is 8.63.